The van der Waals surface area contributed by atoms with Gasteiger partial charge >= 0.3 is 5.97 Å². The highest BCUT2D eigenvalue weighted by Gasteiger charge is 2.44. The van der Waals surface area contributed by atoms with Crippen molar-refractivity contribution in [2.75, 3.05) is 0 Å². The van der Waals surface area contributed by atoms with Crippen molar-refractivity contribution in [3.63, 3.8) is 0 Å². The van der Waals surface area contributed by atoms with E-state index >= 15 is 0 Å². The van der Waals surface area contributed by atoms with E-state index in [-0.39, 0.29) is 0 Å². The predicted octanol–water partition coefficient (Wildman–Crippen LogP) is 7.24. The first kappa shape index (κ1) is 23.8. The maximum Gasteiger partial charge on any atom is 0.313 e. The molecule has 0 bridgehead atoms. The molecule has 29 heavy (non-hydrogen) atoms. The van der Waals surface area contributed by atoms with Crippen molar-refractivity contribution in [3.8, 4) is 0 Å². The van der Waals surface area contributed by atoms with E-state index in [4.69, 9.17) is 27.9 Å². The lowest BCUT2D eigenvalue weighted by molar-refractivity contribution is -0.153. The Morgan fingerprint density at radius 1 is 1.21 bits per heavy atom. The summed E-state index contributed by atoms with van der Waals surface area (Å²) in [5, 5.41) is -0.484. The van der Waals surface area contributed by atoms with E-state index < -0.39 is 27.8 Å². The van der Waals surface area contributed by atoms with E-state index in [0.717, 1.165) is 16.0 Å². The molecule has 156 valence electrons. The Morgan fingerprint density at radius 2 is 1.83 bits per heavy atom. The fraction of sp³-hybridized carbons (Fsp3) is 0.348. The fourth-order valence-electron chi connectivity index (χ4n) is 2.80. The molecule has 0 aliphatic rings. The Balaban J connectivity index is 2.24. The molecule has 0 N–H and O–H groups in total. The third kappa shape index (κ3) is 7.36. The second kappa shape index (κ2) is 11.1. The average Bonchev–Trinajstić information content (AvgIpc) is 2.70. The summed E-state index contributed by atoms with van der Waals surface area (Å²) in [5.74, 6) is -1.14. The van der Waals surface area contributed by atoms with Crippen LogP contribution in [0.5, 0.6) is 0 Å². The lowest BCUT2D eigenvalue weighted by Gasteiger charge is -2.31. The van der Waals surface area contributed by atoms with Crippen LogP contribution in [0, 0.1) is 6.92 Å². The normalized spacial score (nSPS) is 14.7. The zero-order chi connectivity index (χ0) is 21.4. The van der Waals surface area contributed by atoms with Crippen molar-refractivity contribution in [2.24, 2.45) is 0 Å². The number of halogens is 3. The highest BCUT2D eigenvalue weighted by molar-refractivity contribution is 8.00. The molecule has 0 aliphatic heterocycles. The van der Waals surface area contributed by atoms with E-state index in [0.29, 0.717) is 12.8 Å². The summed E-state index contributed by atoms with van der Waals surface area (Å²) in [5.41, 5.74) is 1.89. The number of allylic oxidation sites excluding steroid dienone is 1. The molecule has 0 heterocycles. The van der Waals surface area contributed by atoms with Crippen LogP contribution in [0.2, 0.25) is 0 Å². The molecule has 0 radical (unpaired) electrons. The molecule has 2 aromatic rings. The Labute approximate surface area is 186 Å². The Morgan fingerprint density at radius 3 is 2.38 bits per heavy atom. The van der Waals surface area contributed by atoms with Crippen LogP contribution in [-0.4, -0.2) is 21.9 Å². The Kier molecular flexibility index (Phi) is 9.06. The maximum atomic E-state index is 14.7. The van der Waals surface area contributed by atoms with Crippen molar-refractivity contribution < 1.29 is 13.9 Å². The molecule has 0 saturated heterocycles. The van der Waals surface area contributed by atoms with E-state index in [1.807, 2.05) is 61.5 Å². The van der Waals surface area contributed by atoms with Crippen molar-refractivity contribution in [1.82, 2.24) is 0 Å². The van der Waals surface area contributed by atoms with Crippen LogP contribution < -0.4 is 0 Å². The van der Waals surface area contributed by atoms with E-state index in [1.54, 1.807) is 13.0 Å². The molecule has 2 rings (SSSR count). The fourth-order valence-corrected chi connectivity index (χ4v) is 4.61. The number of aryl methyl sites for hydroxylation is 1. The highest BCUT2D eigenvalue weighted by Crippen LogP contribution is 2.40. The molecule has 2 aromatic carbocycles. The van der Waals surface area contributed by atoms with Gasteiger partial charge < -0.3 is 4.74 Å². The van der Waals surface area contributed by atoms with Crippen LogP contribution in [0.1, 0.15) is 36.8 Å². The lowest BCUT2D eigenvalue weighted by atomic mass is 10.0. The van der Waals surface area contributed by atoms with Gasteiger partial charge in [0.25, 0.3) is 4.59 Å². The number of benzene rings is 2. The van der Waals surface area contributed by atoms with Gasteiger partial charge in [0.1, 0.15) is 0 Å². The van der Waals surface area contributed by atoms with Crippen LogP contribution in [0.3, 0.4) is 0 Å². The third-order valence-electron chi connectivity index (χ3n) is 4.52. The first-order chi connectivity index (χ1) is 13.7. The van der Waals surface area contributed by atoms with Gasteiger partial charge in [-0.1, -0.05) is 77.3 Å². The number of hydrogen-bond acceptors (Lipinski definition) is 3. The van der Waals surface area contributed by atoms with Gasteiger partial charge in [-0.15, -0.1) is 18.3 Å². The first-order valence-corrected chi connectivity index (χ1v) is 11.0. The number of thioether (sulfide) groups is 1. The Hall–Kier alpha value is -1.49. The standard InChI is InChI=1S/C23H25Cl2FO2S/c1-4-5-11-20(29-19-14-12-16(2)13-15-19)21(23(24,25)26)28-22(27)17(3)18-9-7-6-8-10-18/h4,6-10,12-15,17,20-21H,1,5,11H2,2-3H3/t17-,20-,21-/m1/s1. The molecule has 3 atom stereocenters. The van der Waals surface area contributed by atoms with Crippen LogP contribution in [0.4, 0.5) is 4.39 Å². The van der Waals surface area contributed by atoms with Crippen LogP contribution in [0.25, 0.3) is 0 Å². The molecule has 0 fully saturated rings. The minimum Gasteiger partial charge on any atom is -0.454 e. The largest absolute Gasteiger partial charge is 0.454 e. The van der Waals surface area contributed by atoms with Gasteiger partial charge in [-0.2, -0.15) is 0 Å². The van der Waals surface area contributed by atoms with Crippen molar-refractivity contribution in [3.05, 3.63) is 78.4 Å². The minimum absolute atomic E-state index is 0.484. The number of esters is 1. The molecular formula is C23H25Cl2FO2S. The maximum absolute atomic E-state index is 14.7. The molecule has 0 aromatic heterocycles. The molecular weight excluding hydrogens is 430 g/mol. The molecule has 6 heteroatoms. The van der Waals surface area contributed by atoms with Crippen molar-refractivity contribution in [2.45, 2.75) is 53.4 Å². The number of alkyl halides is 3. The summed E-state index contributed by atoms with van der Waals surface area (Å²) < 4.78 is 17.6. The molecule has 0 saturated carbocycles. The van der Waals surface area contributed by atoms with Crippen LogP contribution >= 0.6 is 35.0 Å². The number of hydrogen-bond donors (Lipinski definition) is 0. The van der Waals surface area contributed by atoms with Gasteiger partial charge in [0.2, 0.25) is 0 Å². The van der Waals surface area contributed by atoms with Crippen LogP contribution in [-0.2, 0) is 9.53 Å². The van der Waals surface area contributed by atoms with Gasteiger partial charge in [-0.3, -0.25) is 4.79 Å². The average molecular weight is 455 g/mol. The number of rotatable bonds is 10. The molecule has 0 unspecified atom stereocenters. The molecule has 0 aliphatic carbocycles. The predicted molar refractivity (Wildman–Crippen MR) is 121 cm³/mol. The summed E-state index contributed by atoms with van der Waals surface area (Å²) in [7, 11) is 0. The van der Waals surface area contributed by atoms with Gasteiger partial charge in [0.15, 0.2) is 6.10 Å². The third-order valence-corrected chi connectivity index (χ3v) is 6.28. The van der Waals surface area contributed by atoms with Crippen molar-refractivity contribution >= 4 is 40.9 Å². The zero-order valence-electron chi connectivity index (χ0n) is 16.5. The van der Waals surface area contributed by atoms with E-state index in [1.165, 1.54) is 11.8 Å². The second-order valence-corrected chi connectivity index (χ2v) is 9.47. The summed E-state index contributed by atoms with van der Waals surface area (Å²) in [6, 6.07) is 17.0. The van der Waals surface area contributed by atoms with Gasteiger partial charge in [-0.05, 0) is 44.4 Å². The first-order valence-electron chi connectivity index (χ1n) is 9.38. The summed E-state index contributed by atoms with van der Waals surface area (Å²) in [6.45, 7) is 7.43. The van der Waals surface area contributed by atoms with Crippen LogP contribution in [0.15, 0.2) is 72.1 Å². The quantitative estimate of drug-likeness (QED) is 0.164. The number of carbonyl (C=O) groups excluding carboxylic acids is 1. The Bertz CT molecular complexity index is 791. The molecule has 0 spiro atoms. The number of ether oxygens (including phenoxy) is 1. The summed E-state index contributed by atoms with van der Waals surface area (Å²) in [6.07, 6.45) is 1.51. The SMILES string of the molecule is C=CCC[C@@H](Sc1ccc(C)cc1)[C@@H](OC(=O)[C@H](C)c1ccccc1)C(F)(Cl)Cl. The molecule has 2 nitrogen and oxygen atoms in total. The van der Waals surface area contributed by atoms with Crippen molar-refractivity contribution in [1.29, 1.82) is 0 Å². The highest BCUT2D eigenvalue weighted by atomic mass is 35.5. The number of carbonyl (C=O) groups is 1. The van der Waals surface area contributed by atoms with Gasteiger partial charge in [0, 0.05) is 4.90 Å². The van der Waals surface area contributed by atoms with E-state index in [2.05, 4.69) is 6.58 Å². The smallest absolute Gasteiger partial charge is 0.313 e. The molecule has 0 amide bonds. The topological polar surface area (TPSA) is 26.3 Å². The zero-order valence-corrected chi connectivity index (χ0v) is 18.8. The van der Waals surface area contributed by atoms with E-state index in [9.17, 15) is 9.18 Å². The van der Waals surface area contributed by atoms with Gasteiger partial charge in [0.05, 0.1) is 11.2 Å². The second-order valence-electron chi connectivity index (χ2n) is 6.87. The summed E-state index contributed by atoms with van der Waals surface area (Å²) >= 11 is 13.1. The minimum atomic E-state index is -2.73. The summed E-state index contributed by atoms with van der Waals surface area (Å²) in [4.78, 5) is 13.7. The monoisotopic (exact) mass is 454 g/mol. The lowest BCUT2D eigenvalue weighted by Crippen LogP contribution is -2.41. The van der Waals surface area contributed by atoms with Gasteiger partial charge in [-0.25, -0.2) is 4.39 Å².